The van der Waals surface area contributed by atoms with Gasteiger partial charge in [-0.2, -0.15) is 11.3 Å². The zero-order valence-corrected chi connectivity index (χ0v) is 8.92. The number of rotatable bonds is 0. The van der Waals surface area contributed by atoms with Crippen molar-refractivity contribution in [3.05, 3.63) is 22.4 Å². The van der Waals surface area contributed by atoms with Gasteiger partial charge in [0.15, 0.2) is 0 Å². The van der Waals surface area contributed by atoms with E-state index >= 15 is 0 Å². The topological polar surface area (TPSA) is 0 Å². The molecule has 0 unspecified atom stereocenters. The molecular formula is C6H4Cl2MgS. The number of terminal acetylenes is 1. The Morgan fingerprint density at radius 2 is 2.00 bits per heavy atom. The first-order valence-corrected chi connectivity index (χ1v) is 2.86. The van der Waals surface area contributed by atoms with Gasteiger partial charge in [0.05, 0.1) is 0 Å². The molecule has 0 bridgehead atoms. The van der Waals surface area contributed by atoms with Crippen LogP contribution in [0.2, 0.25) is 0 Å². The van der Waals surface area contributed by atoms with Crippen molar-refractivity contribution in [1.29, 1.82) is 0 Å². The predicted octanol–water partition coefficient (Wildman–Crippen LogP) is -4.64. The van der Waals surface area contributed by atoms with Crippen LogP contribution in [0.3, 0.4) is 0 Å². The molecule has 0 N–H and O–H groups in total. The number of thiophene rings is 1. The molecule has 0 aliphatic carbocycles. The van der Waals surface area contributed by atoms with Crippen LogP contribution in [0.4, 0.5) is 0 Å². The average molecular weight is 203 g/mol. The summed E-state index contributed by atoms with van der Waals surface area (Å²) in [4.78, 5) is 0. The van der Waals surface area contributed by atoms with E-state index in [4.69, 9.17) is 6.42 Å². The molecule has 50 valence electrons. The number of hydrogen-bond acceptors (Lipinski definition) is 1. The maximum atomic E-state index is 5.05. The van der Waals surface area contributed by atoms with Gasteiger partial charge in [0.1, 0.15) is 0 Å². The van der Waals surface area contributed by atoms with E-state index < -0.39 is 0 Å². The summed E-state index contributed by atoms with van der Waals surface area (Å²) in [6.07, 6.45) is 5.05. The van der Waals surface area contributed by atoms with Crippen LogP contribution in [0.1, 0.15) is 5.56 Å². The van der Waals surface area contributed by atoms with E-state index in [1.165, 1.54) is 0 Å². The minimum atomic E-state index is 0. The summed E-state index contributed by atoms with van der Waals surface area (Å²) < 4.78 is 0. The SMILES string of the molecule is C#Cc1ccsc1.[Cl-].[Cl-].[Mg+2]. The summed E-state index contributed by atoms with van der Waals surface area (Å²) in [5.41, 5.74) is 0.977. The van der Waals surface area contributed by atoms with Crippen molar-refractivity contribution in [2.45, 2.75) is 0 Å². The zero-order valence-electron chi connectivity index (χ0n) is 5.18. The van der Waals surface area contributed by atoms with Crippen LogP contribution in [-0.4, -0.2) is 23.1 Å². The third-order valence-corrected chi connectivity index (χ3v) is 1.37. The second kappa shape index (κ2) is 9.61. The fourth-order valence-electron chi connectivity index (χ4n) is 0.347. The molecular weight excluding hydrogens is 199 g/mol. The van der Waals surface area contributed by atoms with Gasteiger partial charge in [-0.3, -0.25) is 0 Å². The van der Waals surface area contributed by atoms with Crippen LogP contribution in [0.5, 0.6) is 0 Å². The Bertz CT molecular complexity index is 178. The maximum absolute atomic E-state index is 5.05. The molecule has 10 heavy (non-hydrogen) atoms. The van der Waals surface area contributed by atoms with E-state index in [1.807, 2.05) is 16.8 Å². The Morgan fingerprint density at radius 1 is 1.40 bits per heavy atom. The molecule has 1 aromatic rings. The van der Waals surface area contributed by atoms with Crippen molar-refractivity contribution in [3.8, 4) is 12.3 Å². The molecule has 1 heterocycles. The fourth-order valence-corrected chi connectivity index (χ4v) is 0.944. The smallest absolute Gasteiger partial charge is 1.00 e. The molecule has 0 aliphatic rings. The number of hydrogen-bond donors (Lipinski definition) is 0. The Hall–Kier alpha value is 0.606. The van der Waals surface area contributed by atoms with E-state index in [-0.39, 0.29) is 47.9 Å². The van der Waals surface area contributed by atoms with E-state index in [2.05, 4.69) is 5.92 Å². The molecule has 0 fully saturated rings. The van der Waals surface area contributed by atoms with Crippen LogP contribution in [0.25, 0.3) is 0 Å². The molecule has 1 rings (SSSR count). The molecule has 0 aromatic carbocycles. The van der Waals surface area contributed by atoms with Crippen LogP contribution in [0, 0.1) is 12.3 Å². The van der Waals surface area contributed by atoms with Crippen molar-refractivity contribution >= 4 is 34.4 Å². The average Bonchev–Trinajstić information content (AvgIpc) is 2.14. The van der Waals surface area contributed by atoms with Crippen LogP contribution in [-0.2, 0) is 0 Å². The standard InChI is InChI=1S/C6H4S.2ClH.Mg/c1-2-6-3-4-7-5-6;;;/h1,3-5H;2*1H;/q;;;+2/p-2. The molecule has 0 radical (unpaired) electrons. The zero-order chi connectivity index (χ0) is 5.11. The molecule has 0 amide bonds. The normalized spacial score (nSPS) is 5.50. The first kappa shape index (κ1) is 16.9. The van der Waals surface area contributed by atoms with Gasteiger partial charge in [-0.15, -0.1) is 6.42 Å². The fraction of sp³-hybridized carbons (Fsp3) is 0. The maximum Gasteiger partial charge on any atom is 2.00 e. The molecule has 0 spiro atoms. The van der Waals surface area contributed by atoms with Crippen LogP contribution < -0.4 is 24.8 Å². The summed E-state index contributed by atoms with van der Waals surface area (Å²) in [6.45, 7) is 0. The van der Waals surface area contributed by atoms with E-state index in [0.717, 1.165) is 5.56 Å². The van der Waals surface area contributed by atoms with Crippen molar-refractivity contribution in [1.82, 2.24) is 0 Å². The molecule has 4 heteroatoms. The quantitative estimate of drug-likeness (QED) is 0.294. The molecule has 0 saturated heterocycles. The van der Waals surface area contributed by atoms with Gasteiger partial charge in [0, 0.05) is 10.9 Å². The third-order valence-electron chi connectivity index (χ3n) is 0.688. The van der Waals surface area contributed by atoms with Crippen molar-refractivity contribution in [2.75, 3.05) is 0 Å². The Kier molecular flexibility index (Phi) is 16.3. The summed E-state index contributed by atoms with van der Waals surface area (Å²) in [6, 6.07) is 1.92. The minimum absolute atomic E-state index is 0. The second-order valence-corrected chi connectivity index (χ2v) is 1.94. The number of halogens is 2. The Labute approximate surface area is 93.4 Å². The van der Waals surface area contributed by atoms with Gasteiger partial charge in [-0.1, -0.05) is 5.92 Å². The third kappa shape index (κ3) is 5.40. The molecule has 0 aliphatic heterocycles. The summed E-state index contributed by atoms with van der Waals surface area (Å²) in [5.74, 6) is 2.52. The van der Waals surface area contributed by atoms with Crippen LogP contribution >= 0.6 is 11.3 Å². The van der Waals surface area contributed by atoms with Crippen molar-refractivity contribution in [3.63, 3.8) is 0 Å². The van der Waals surface area contributed by atoms with Gasteiger partial charge >= 0.3 is 23.1 Å². The minimum Gasteiger partial charge on any atom is -1.00 e. The molecule has 0 saturated carbocycles. The van der Waals surface area contributed by atoms with Gasteiger partial charge < -0.3 is 24.8 Å². The van der Waals surface area contributed by atoms with Crippen molar-refractivity contribution in [2.24, 2.45) is 0 Å². The molecule has 0 atom stereocenters. The summed E-state index contributed by atoms with van der Waals surface area (Å²) in [5, 5.41) is 3.91. The van der Waals surface area contributed by atoms with Crippen molar-refractivity contribution < 1.29 is 24.8 Å². The molecule has 0 nitrogen and oxygen atoms in total. The van der Waals surface area contributed by atoms with Gasteiger partial charge in [-0.25, -0.2) is 0 Å². The summed E-state index contributed by atoms with van der Waals surface area (Å²) in [7, 11) is 0. The Morgan fingerprint density at radius 3 is 2.20 bits per heavy atom. The predicted molar refractivity (Wildman–Crippen MR) is 38.0 cm³/mol. The van der Waals surface area contributed by atoms with E-state index in [9.17, 15) is 0 Å². The van der Waals surface area contributed by atoms with E-state index in [1.54, 1.807) is 11.3 Å². The van der Waals surface area contributed by atoms with Gasteiger partial charge in [0.2, 0.25) is 0 Å². The van der Waals surface area contributed by atoms with Crippen LogP contribution in [0.15, 0.2) is 16.8 Å². The van der Waals surface area contributed by atoms with Gasteiger partial charge in [-0.05, 0) is 11.4 Å². The Balaban J connectivity index is -0.000000163. The summed E-state index contributed by atoms with van der Waals surface area (Å²) >= 11 is 1.62. The largest absolute Gasteiger partial charge is 2.00 e. The second-order valence-electron chi connectivity index (χ2n) is 1.16. The van der Waals surface area contributed by atoms with Gasteiger partial charge in [0.25, 0.3) is 0 Å². The monoisotopic (exact) mass is 202 g/mol. The molecule has 1 aromatic heterocycles. The first-order chi connectivity index (χ1) is 3.43. The van der Waals surface area contributed by atoms with E-state index in [0.29, 0.717) is 0 Å². The first-order valence-electron chi connectivity index (χ1n) is 1.92.